The Morgan fingerprint density at radius 1 is 1.53 bits per heavy atom. The number of hydrogen-bond donors (Lipinski definition) is 2. The van der Waals surface area contributed by atoms with Crippen molar-refractivity contribution >= 4 is 5.91 Å². The Morgan fingerprint density at radius 3 is 2.80 bits per heavy atom. The molecule has 3 nitrogen and oxygen atoms in total. The van der Waals surface area contributed by atoms with Crippen LogP contribution in [0.1, 0.15) is 46.5 Å². The van der Waals surface area contributed by atoms with Crippen LogP contribution in [0, 0.1) is 11.8 Å². The molecule has 0 aromatic rings. The van der Waals surface area contributed by atoms with Crippen molar-refractivity contribution in [2.75, 3.05) is 0 Å². The summed E-state index contributed by atoms with van der Waals surface area (Å²) in [4.78, 5) is 12.0. The Kier molecular flexibility index (Phi) is 4.58. The van der Waals surface area contributed by atoms with E-state index >= 15 is 0 Å². The van der Waals surface area contributed by atoms with Gasteiger partial charge in [0.15, 0.2) is 0 Å². The summed E-state index contributed by atoms with van der Waals surface area (Å²) in [7, 11) is 0. The SMILES string of the molecule is CCC(C)NC(=O)C1CC(N)CCC1C. The molecule has 4 unspecified atom stereocenters. The molecule has 1 rings (SSSR count). The van der Waals surface area contributed by atoms with Crippen molar-refractivity contribution < 1.29 is 4.79 Å². The molecular formula is C12H24N2O. The Labute approximate surface area is 92.8 Å². The van der Waals surface area contributed by atoms with Gasteiger partial charge < -0.3 is 11.1 Å². The molecule has 4 atom stereocenters. The van der Waals surface area contributed by atoms with E-state index in [-0.39, 0.29) is 23.9 Å². The molecule has 0 heterocycles. The van der Waals surface area contributed by atoms with E-state index in [1.54, 1.807) is 0 Å². The van der Waals surface area contributed by atoms with Crippen LogP contribution in [-0.4, -0.2) is 18.0 Å². The summed E-state index contributed by atoms with van der Waals surface area (Å²) in [5.41, 5.74) is 5.91. The molecule has 88 valence electrons. The summed E-state index contributed by atoms with van der Waals surface area (Å²) in [5, 5.41) is 3.06. The van der Waals surface area contributed by atoms with Crippen molar-refractivity contribution in [3.8, 4) is 0 Å². The fourth-order valence-electron chi connectivity index (χ4n) is 2.17. The summed E-state index contributed by atoms with van der Waals surface area (Å²) < 4.78 is 0. The van der Waals surface area contributed by atoms with Crippen LogP contribution in [-0.2, 0) is 4.79 Å². The summed E-state index contributed by atoms with van der Waals surface area (Å²) in [6, 6.07) is 0.497. The molecule has 0 saturated heterocycles. The Morgan fingerprint density at radius 2 is 2.20 bits per heavy atom. The van der Waals surface area contributed by atoms with Crippen molar-refractivity contribution in [2.45, 2.75) is 58.5 Å². The van der Waals surface area contributed by atoms with Gasteiger partial charge >= 0.3 is 0 Å². The highest BCUT2D eigenvalue weighted by molar-refractivity contribution is 5.79. The zero-order valence-corrected chi connectivity index (χ0v) is 10.1. The number of hydrogen-bond acceptors (Lipinski definition) is 2. The Balaban J connectivity index is 2.49. The van der Waals surface area contributed by atoms with Crippen LogP contribution in [0.5, 0.6) is 0 Å². The van der Waals surface area contributed by atoms with Crippen molar-refractivity contribution in [3.05, 3.63) is 0 Å². The van der Waals surface area contributed by atoms with Crippen LogP contribution >= 0.6 is 0 Å². The fraction of sp³-hybridized carbons (Fsp3) is 0.917. The summed E-state index contributed by atoms with van der Waals surface area (Å²) in [6.45, 7) is 6.29. The minimum atomic E-state index is 0.128. The maximum absolute atomic E-state index is 12.0. The van der Waals surface area contributed by atoms with Crippen molar-refractivity contribution in [1.29, 1.82) is 0 Å². The minimum Gasteiger partial charge on any atom is -0.353 e. The highest BCUT2D eigenvalue weighted by Gasteiger charge is 2.31. The molecule has 3 N–H and O–H groups in total. The number of amides is 1. The lowest BCUT2D eigenvalue weighted by Gasteiger charge is -2.32. The molecule has 15 heavy (non-hydrogen) atoms. The molecule has 1 aliphatic carbocycles. The molecule has 0 bridgehead atoms. The van der Waals surface area contributed by atoms with Gasteiger partial charge in [-0.3, -0.25) is 4.79 Å². The molecule has 1 saturated carbocycles. The van der Waals surface area contributed by atoms with Crippen LogP contribution in [0.3, 0.4) is 0 Å². The first-order valence-corrected chi connectivity index (χ1v) is 6.10. The highest BCUT2D eigenvalue weighted by atomic mass is 16.1. The zero-order chi connectivity index (χ0) is 11.4. The van der Waals surface area contributed by atoms with Gasteiger partial charge in [0.25, 0.3) is 0 Å². The number of nitrogens with two attached hydrogens (primary N) is 1. The van der Waals surface area contributed by atoms with E-state index in [4.69, 9.17) is 5.73 Å². The largest absolute Gasteiger partial charge is 0.353 e. The first-order valence-electron chi connectivity index (χ1n) is 6.10. The second-order valence-electron chi connectivity index (χ2n) is 4.97. The third-order valence-electron chi connectivity index (χ3n) is 3.57. The smallest absolute Gasteiger partial charge is 0.223 e. The third kappa shape index (κ3) is 3.49. The van der Waals surface area contributed by atoms with Crippen molar-refractivity contribution in [2.24, 2.45) is 17.6 Å². The van der Waals surface area contributed by atoms with Gasteiger partial charge in [-0.05, 0) is 38.5 Å². The molecule has 1 amide bonds. The lowest BCUT2D eigenvalue weighted by atomic mass is 9.77. The predicted molar refractivity (Wildman–Crippen MR) is 62.4 cm³/mol. The molecule has 3 heteroatoms. The lowest BCUT2D eigenvalue weighted by Crippen LogP contribution is -2.44. The predicted octanol–water partition coefficient (Wildman–Crippen LogP) is 1.66. The topological polar surface area (TPSA) is 55.1 Å². The van der Waals surface area contributed by atoms with E-state index in [9.17, 15) is 4.79 Å². The van der Waals surface area contributed by atoms with E-state index in [2.05, 4.69) is 19.2 Å². The first-order chi connectivity index (χ1) is 7.04. The molecule has 1 fully saturated rings. The van der Waals surface area contributed by atoms with Gasteiger partial charge in [0.1, 0.15) is 0 Å². The van der Waals surface area contributed by atoms with E-state index in [1.165, 1.54) is 0 Å². The van der Waals surface area contributed by atoms with E-state index in [1.807, 2.05) is 6.92 Å². The number of rotatable bonds is 3. The maximum Gasteiger partial charge on any atom is 0.223 e. The van der Waals surface area contributed by atoms with E-state index < -0.39 is 0 Å². The van der Waals surface area contributed by atoms with Crippen LogP contribution in [0.2, 0.25) is 0 Å². The Bertz CT molecular complexity index is 218. The summed E-state index contributed by atoms with van der Waals surface area (Å²) >= 11 is 0. The quantitative estimate of drug-likeness (QED) is 0.747. The first kappa shape index (κ1) is 12.5. The van der Waals surface area contributed by atoms with Gasteiger partial charge in [-0.25, -0.2) is 0 Å². The molecule has 1 aliphatic rings. The molecule has 0 aromatic carbocycles. The highest BCUT2D eigenvalue weighted by Crippen LogP contribution is 2.29. The third-order valence-corrected chi connectivity index (χ3v) is 3.57. The van der Waals surface area contributed by atoms with Gasteiger partial charge in [-0.2, -0.15) is 0 Å². The van der Waals surface area contributed by atoms with Crippen LogP contribution in [0.15, 0.2) is 0 Å². The average molecular weight is 212 g/mol. The average Bonchev–Trinajstić information content (AvgIpc) is 2.21. The normalized spacial score (nSPS) is 33.5. The number of nitrogens with one attached hydrogen (secondary N) is 1. The number of carbonyl (C=O) groups excluding carboxylic acids is 1. The molecule has 0 radical (unpaired) electrons. The second kappa shape index (κ2) is 5.50. The van der Waals surface area contributed by atoms with Gasteiger partial charge in [-0.1, -0.05) is 13.8 Å². The monoisotopic (exact) mass is 212 g/mol. The summed E-state index contributed by atoms with van der Waals surface area (Å²) in [5.74, 6) is 0.809. The minimum absolute atomic E-state index is 0.128. The van der Waals surface area contributed by atoms with Gasteiger partial charge in [0.05, 0.1) is 0 Å². The van der Waals surface area contributed by atoms with E-state index in [0.29, 0.717) is 5.92 Å². The number of carbonyl (C=O) groups is 1. The summed E-state index contributed by atoms with van der Waals surface area (Å²) in [6.07, 6.45) is 3.98. The van der Waals surface area contributed by atoms with Crippen molar-refractivity contribution in [3.63, 3.8) is 0 Å². The molecular weight excluding hydrogens is 188 g/mol. The van der Waals surface area contributed by atoms with E-state index in [0.717, 1.165) is 25.7 Å². The lowest BCUT2D eigenvalue weighted by molar-refractivity contribution is -0.128. The fourth-order valence-corrected chi connectivity index (χ4v) is 2.17. The standard InChI is InChI=1S/C12H24N2O/c1-4-9(3)14-12(15)11-7-10(13)6-5-8(11)2/h8-11H,4-7,13H2,1-3H3,(H,14,15). The van der Waals surface area contributed by atoms with Gasteiger partial charge in [-0.15, -0.1) is 0 Å². The maximum atomic E-state index is 12.0. The van der Waals surface area contributed by atoms with Crippen molar-refractivity contribution in [1.82, 2.24) is 5.32 Å². The molecule has 0 spiro atoms. The van der Waals surface area contributed by atoms with Crippen LogP contribution < -0.4 is 11.1 Å². The zero-order valence-electron chi connectivity index (χ0n) is 10.1. The molecule has 0 aromatic heterocycles. The second-order valence-corrected chi connectivity index (χ2v) is 4.97. The van der Waals surface area contributed by atoms with Gasteiger partial charge in [0, 0.05) is 18.0 Å². The van der Waals surface area contributed by atoms with Crippen LogP contribution in [0.4, 0.5) is 0 Å². The van der Waals surface area contributed by atoms with Crippen LogP contribution in [0.25, 0.3) is 0 Å². The van der Waals surface area contributed by atoms with Gasteiger partial charge in [0.2, 0.25) is 5.91 Å². The Hall–Kier alpha value is -0.570. The molecule has 0 aliphatic heterocycles.